The van der Waals surface area contributed by atoms with Crippen molar-refractivity contribution in [3.63, 3.8) is 0 Å². The number of carbonyl (C=O) groups is 1. The predicted molar refractivity (Wildman–Crippen MR) is 94.6 cm³/mol. The van der Waals surface area contributed by atoms with E-state index in [0.717, 1.165) is 11.9 Å². The summed E-state index contributed by atoms with van der Waals surface area (Å²) in [6.45, 7) is 12.0. The fourth-order valence-electron chi connectivity index (χ4n) is 2.54. The molecule has 126 valence electrons. The number of nitrogens with one attached hydrogen (secondary N) is 2. The van der Waals surface area contributed by atoms with Gasteiger partial charge in [-0.1, -0.05) is 39.0 Å². The van der Waals surface area contributed by atoms with E-state index in [1.807, 2.05) is 39.1 Å². The van der Waals surface area contributed by atoms with Gasteiger partial charge in [-0.25, -0.2) is 4.79 Å². The average Bonchev–Trinajstić information content (AvgIpc) is 2.78. The van der Waals surface area contributed by atoms with Crippen LogP contribution in [0, 0.1) is 5.41 Å². The van der Waals surface area contributed by atoms with Crippen LogP contribution in [0.4, 0.5) is 4.79 Å². The molecule has 0 aliphatic carbocycles. The lowest BCUT2D eigenvalue weighted by atomic mass is 9.83. The molecule has 2 aromatic rings. The molecule has 4 heteroatoms. The number of hydrogen-bond donors (Lipinski definition) is 2. The van der Waals surface area contributed by atoms with Crippen LogP contribution in [0.5, 0.6) is 0 Å². The number of para-hydroxylation sites is 1. The number of amides is 1. The first kappa shape index (κ1) is 17.4. The van der Waals surface area contributed by atoms with E-state index in [9.17, 15) is 4.79 Å². The quantitative estimate of drug-likeness (QED) is 0.866. The molecule has 0 aliphatic rings. The SMILES string of the molecule is CC(C)(C)OC(=O)NC(Cc1c[nH]c2ccccc12)C(C)(C)C. The number of benzene rings is 1. The normalized spacial score (nSPS) is 13.8. The summed E-state index contributed by atoms with van der Waals surface area (Å²) >= 11 is 0. The van der Waals surface area contributed by atoms with Crippen LogP contribution in [0.2, 0.25) is 0 Å². The molecule has 2 N–H and O–H groups in total. The summed E-state index contributed by atoms with van der Waals surface area (Å²) in [6.07, 6.45) is 2.42. The summed E-state index contributed by atoms with van der Waals surface area (Å²) in [6, 6.07) is 8.20. The lowest BCUT2D eigenvalue weighted by molar-refractivity contribution is 0.0464. The van der Waals surface area contributed by atoms with Gasteiger partial charge in [-0.3, -0.25) is 0 Å². The van der Waals surface area contributed by atoms with E-state index >= 15 is 0 Å². The summed E-state index contributed by atoms with van der Waals surface area (Å²) < 4.78 is 5.41. The van der Waals surface area contributed by atoms with Crippen LogP contribution in [0.1, 0.15) is 47.1 Å². The van der Waals surface area contributed by atoms with Crippen LogP contribution in [0.15, 0.2) is 30.5 Å². The summed E-state index contributed by atoms with van der Waals surface area (Å²) in [7, 11) is 0. The van der Waals surface area contributed by atoms with Gasteiger partial charge in [0.25, 0.3) is 0 Å². The second-order valence-electron chi connectivity index (χ2n) is 8.13. The van der Waals surface area contributed by atoms with E-state index in [1.165, 1.54) is 10.9 Å². The zero-order valence-electron chi connectivity index (χ0n) is 15.0. The molecule has 0 bridgehead atoms. The van der Waals surface area contributed by atoms with Gasteiger partial charge in [0.2, 0.25) is 0 Å². The Morgan fingerprint density at radius 2 is 1.83 bits per heavy atom. The van der Waals surface area contributed by atoms with Crippen molar-refractivity contribution in [1.29, 1.82) is 0 Å². The molecule has 0 saturated carbocycles. The number of H-pyrrole nitrogens is 1. The highest BCUT2D eigenvalue weighted by Crippen LogP contribution is 2.26. The number of hydrogen-bond acceptors (Lipinski definition) is 2. The largest absolute Gasteiger partial charge is 0.444 e. The molecule has 1 aromatic heterocycles. The fraction of sp³-hybridized carbons (Fsp3) is 0.526. The number of aromatic amines is 1. The second kappa shape index (κ2) is 6.26. The Hall–Kier alpha value is -1.97. The summed E-state index contributed by atoms with van der Waals surface area (Å²) in [5.41, 5.74) is 1.76. The van der Waals surface area contributed by atoms with Crippen molar-refractivity contribution in [3.8, 4) is 0 Å². The average molecular weight is 316 g/mol. The molecular formula is C19H28N2O2. The van der Waals surface area contributed by atoms with Crippen molar-refractivity contribution < 1.29 is 9.53 Å². The molecule has 0 radical (unpaired) electrons. The van der Waals surface area contributed by atoms with Crippen LogP contribution in [0.3, 0.4) is 0 Å². The van der Waals surface area contributed by atoms with Crippen LogP contribution >= 0.6 is 0 Å². The van der Waals surface area contributed by atoms with Crippen molar-refractivity contribution in [2.45, 2.75) is 59.6 Å². The molecule has 0 spiro atoms. The Morgan fingerprint density at radius 1 is 1.17 bits per heavy atom. The standard InChI is InChI=1S/C19H28N2O2/c1-18(2,3)16(21-17(22)23-19(4,5)6)11-13-12-20-15-10-8-7-9-14(13)15/h7-10,12,16,20H,11H2,1-6H3,(H,21,22). The van der Waals surface area contributed by atoms with Crippen molar-refractivity contribution in [3.05, 3.63) is 36.0 Å². The van der Waals surface area contributed by atoms with Gasteiger partial charge in [0.15, 0.2) is 0 Å². The molecule has 1 unspecified atom stereocenters. The number of carbonyl (C=O) groups excluding carboxylic acids is 1. The lowest BCUT2D eigenvalue weighted by Crippen LogP contribution is -2.47. The van der Waals surface area contributed by atoms with Gasteiger partial charge in [0, 0.05) is 23.1 Å². The maximum absolute atomic E-state index is 12.2. The van der Waals surface area contributed by atoms with Crippen molar-refractivity contribution in [2.24, 2.45) is 5.41 Å². The van der Waals surface area contributed by atoms with E-state index in [0.29, 0.717) is 0 Å². The van der Waals surface area contributed by atoms with Gasteiger partial charge >= 0.3 is 6.09 Å². The molecule has 1 atom stereocenters. The summed E-state index contributed by atoms with van der Waals surface area (Å²) in [5, 5.41) is 4.24. The Balaban J connectivity index is 2.18. The maximum Gasteiger partial charge on any atom is 0.407 e. The first-order valence-electron chi connectivity index (χ1n) is 8.11. The first-order chi connectivity index (χ1) is 10.6. The van der Waals surface area contributed by atoms with Gasteiger partial charge in [-0.15, -0.1) is 0 Å². The maximum atomic E-state index is 12.2. The topological polar surface area (TPSA) is 54.1 Å². The monoisotopic (exact) mass is 316 g/mol. The number of aromatic nitrogens is 1. The summed E-state index contributed by atoms with van der Waals surface area (Å²) in [4.78, 5) is 15.5. The van der Waals surface area contributed by atoms with Gasteiger partial charge in [0.1, 0.15) is 5.60 Å². The molecule has 0 fully saturated rings. The van der Waals surface area contributed by atoms with Gasteiger partial charge < -0.3 is 15.0 Å². The Kier molecular flexibility index (Phi) is 4.73. The smallest absolute Gasteiger partial charge is 0.407 e. The highest BCUT2D eigenvalue weighted by atomic mass is 16.6. The molecular weight excluding hydrogens is 288 g/mol. The minimum atomic E-state index is -0.493. The van der Waals surface area contributed by atoms with E-state index < -0.39 is 5.60 Å². The number of alkyl carbamates (subject to hydrolysis) is 1. The van der Waals surface area contributed by atoms with Gasteiger partial charge in [-0.2, -0.15) is 0 Å². The van der Waals surface area contributed by atoms with E-state index in [2.05, 4.69) is 43.2 Å². The lowest BCUT2D eigenvalue weighted by Gasteiger charge is -2.32. The molecule has 0 saturated heterocycles. The third-order valence-electron chi connectivity index (χ3n) is 3.84. The summed E-state index contributed by atoms with van der Waals surface area (Å²) in [5.74, 6) is 0. The second-order valence-corrected chi connectivity index (χ2v) is 8.13. The predicted octanol–water partition coefficient (Wildman–Crippen LogP) is 4.65. The molecule has 4 nitrogen and oxygen atoms in total. The molecule has 23 heavy (non-hydrogen) atoms. The Bertz CT molecular complexity index is 674. The molecule has 1 amide bonds. The molecule has 1 heterocycles. The zero-order chi connectivity index (χ0) is 17.3. The van der Waals surface area contributed by atoms with Crippen molar-refractivity contribution in [1.82, 2.24) is 10.3 Å². The number of rotatable bonds is 3. The third kappa shape index (κ3) is 4.75. The minimum Gasteiger partial charge on any atom is -0.444 e. The van der Waals surface area contributed by atoms with Crippen LogP contribution in [-0.4, -0.2) is 22.7 Å². The highest BCUT2D eigenvalue weighted by Gasteiger charge is 2.29. The Labute approximate surface area is 138 Å². The van der Waals surface area contributed by atoms with Crippen LogP contribution in [0.25, 0.3) is 10.9 Å². The van der Waals surface area contributed by atoms with Gasteiger partial charge in [-0.05, 0) is 44.2 Å². The molecule has 0 aliphatic heterocycles. The van der Waals surface area contributed by atoms with E-state index in [1.54, 1.807) is 0 Å². The fourth-order valence-corrected chi connectivity index (χ4v) is 2.54. The molecule has 1 aromatic carbocycles. The number of ether oxygens (including phenoxy) is 1. The van der Waals surface area contributed by atoms with E-state index in [4.69, 9.17) is 4.74 Å². The Morgan fingerprint density at radius 3 is 2.43 bits per heavy atom. The minimum absolute atomic E-state index is 0.0171. The van der Waals surface area contributed by atoms with Crippen molar-refractivity contribution >= 4 is 17.0 Å². The molecule has 2 rings (SSSR count). The number of fused-ring (bicyclic) bond motifs is 1. The third-order valence-corrected chi connectivity index (χ3v) is 3.84. The van der Waals surface area contributed by atoms with E-state index in [-0.39, 0.29) is 17.6 Å². The first-order valence-corrected chi connectivity index (χ1v) is 8.11. The van der Waals surface area contributed by atoms with Gasteiger partial charge in [0.05, 0.1) is 0 Å². The highest BCUT2D eigenvalue weighted by molar-refractivity contribution is 5.83. The van der Waals surface area contributed by atoms with Crippen LogP contribution < -0.4 is 5.32 Å². The van der Waals surface area contributed by atoms with Crippen molar-refractivity contribution in [2.75, 3.05) is 0 Å². The van der Waals surface area contributed by atoms with Crippen LogP contribution in [-0.2, 0) is 11.2 Å². The zero-order valence-corrected chi connectivity index (χ0v) is 15.0.